The Morgan fingerprint density at radius 3 is 2.53 bits per heavy atom. The van der Waals surface area contributed by atoms with Crippen LogP contribution in [0.25, 0.3) is 5.69 Å². The van der Waals surface area contributed by atoms with Crippen molar-refractivity contribution in [3.63, 3.8) is 0 Å². The van der Waals surface area contributed by atoms with E-state index in [1.165, 1.54) is 24.3 Å². The molecule has 1 amide bonds. The molecule has 164 valence electrons. The highest BCUT2D eigenvalue weighted by Gasteiger charge is 2.40. The smallest absolute Gasteiger partial charge is 0.331 e. The molecule has 2 heterocycles. The lowest BCUT2D eigenvalue weighted by Crippen LogP contribution is -2.20. The molecule has 0 fully saturated rings. The molecule has 4 aromatic rings. The Kier molecular flexibility index (Phi) is 5.75. The number of benzene rings is 2. The van der Waals surface area contributed by atoms with Crippen molar-refractivity contribution >= 4 is 23.2 Å². The Balaban J connectivity index is 1.57. The minimum absolute atomic E-state index is 0.100. The first-order valence-electron chi connectivity index (χ1n) is 9.51. The number of nitrogens with zero attached hydrogens (tertiary/aromatic N) is 4. The Bertz CT molecular complexity index is 1260. The lowest BCUT2D eigenvalue weighted by atomic mass is 10.1. The van der Waals surface area contributed by atoms with E-state index in [1.54, 1.807) is 30.5 Å². The summed E-state index contributed by atoms with van der Waals surface area (Å²) in [4.78, 5) is 16.8. The number of carbonyl (C=O) groups is 1. The van der Waals surface area contributed by atoms with Crippen molar-refractivity contribution in [2.45, 2.75) is 19.6 Å². The second-order valence-corrected chi connectivity index (χ2v) is 7.49. The van der Waals surface area contributed by atoms with Gasteiger partial charge in [0.05, 0.1) is 17.4 Å². The molecule has 0 aliphatic carbocycles. The summed E-state index contributed by atoms with van der Waals surface area (Å²) in [6.45, 7) is 2.47. The molecule has 2 aromatic heterocycles. The van der Waals surface area contributed by atoms with E-state index in [0.717, 1.165) is 17.6 Å². The van der Waals surface area contributed by atoms with Gasteiger partial charge in [-0.05, 0) is 42.8 Å². The number of carbonyl (C=O) groups excluding carboxylic acids is 1. The zero-order valence-electron chi connectivity index (χ0n) is 16.8. The first-order valence-corrected chi connectivity index (χ1v) is 9.89. The Morgan fingerprint density at radius 2 is 1.91 bits per heavy atom. The van der Waals surface area contributed by atoms with Gasteiger partial charge < -0.3 is 9.88 Å². The maximum atomic E-state index is 13.8. The van der Waals surface area contributed by atoms with E-state index in [2.05, 4.69) is 15.4 Å². The number of alkyl halides is 3. The van der Waals surface area contributed by atoms with Gasteiger partial charge in [-0.3, -0.25) is 4.79 Å². The number of rotatable bonds is 5. The number of hydrogen-bond acceptors (Lipinski definition) is 3. The quantitative estimate of drug-likeness (QED) is 0.437. The summed E-state index contributed by atoms with van der Waals surface area (Å²) >= 11 is 5.90. The van der Waals surface area contributed by atoms with Crippen molar-refractivity contribution < 1.29 is 18.0 Å². The van der Waals surface area contributed by atoms with E-state index < -0.39 is 23.3 Å². The molecule has 0 atom stereocenters. The molecule has 0 saturated heterocycles. The molecule has 0 saturated carbocycles. The first-order chi connectivity index (χ1) is 15.2. The van der Waals surface area contributed by atoms with E-state index in [-0.39, 0.29) is 10.7 Å². The fourth-order valence-corrected chi connectivity index (χ4v) is 3.43. The summed E-state index contributed by atoms with van der Waals surface area (Å²) in [6, 6.07) is 12.6. The van der Waals surface area contributed by atoms with E-state index in [1.807, 2.05) is 17.7 Å². The van der Waals surface area contributed by atoms with Gasteiger partial charge in [0.25, 0.3) is 5.91 Å². The van der Waals surface area contributed by atoms with Gasteiger partial charge >= 0.3 is 6.18 Å². The molecular weight excluding hydrogens is 443 g/mol. The summed E-state index contributed by atoms with van der Waals surface area (Å²) < 4.78 is 44.1. The summed E-state index contributed by atoms with van der Waals surface area (Å²) in [7, 11) is 0. The van der Waals surface area contributed by atoms with E-state index in [0.29, 0.717) is 16.9 Å². The normalized spacial score (nSPS) is 11.5. The first kappa shape index (κ1) is 21.6. The van der Waals surface area contributed by atoms with Crippen LogP contribution in [0.4, 0.5) is 18.9 Å². The van der Waals surface area contributed by atoms with Crippen LogP contribution in [0.15, 0.2) is 67.1 Å². The number of amides is 1. The second kappa shape index (κ2) is 8.51. The van der Waals surface area contributed by atoms with Crippen molar-refractivity contribution in [3.05, 3.63) is 94.8 Å². The van der Waals surface area contributed by atoms with Crippen LogP contribution in [-0.4, -0.2) is 25.2 Å². The highest BCUT2D eigenvalue weighted by atomic mass is 35.5. The van der Waals surface area contributed by atoms with Crippen molar-refractivity contribution in [2.75, 3.05) is 5.32 Å². The molecular formula is C22H17ClF3N5O. The second-order valence-electron chi connectivity index (χ2n) is 7.05. The molecule has 0 spiro atoms. The summed E-state index contributed by atoms with van der Waals surface area (Å²) in [5.41, 5.74) is -0.346. The molecule has 0 bridgehead atoms. The van der Waals surface area contributed by atoms with Crippen molar-refractivity contribution in [3.8, 4) is 5.69 Å². The molecule has 1 N–H and O–H groups in total. The van der Waals surface area contributed by atoms with Crippen molar-refractivity contribution in [1.82, 2.24) is 19.3 Å². The minimum Gasteiger partial charge on any atom is -0.331 e. The van der Waals surface area contributed by atoms with Crippen molar-refractivity contribution in [1.29, 1.82) is 0 Å². The number of aryl methyl sites for hydroxylation is 1. The monoisotopic (exact) mass is 459 g/mol. The number of aromatic nitrogens is 4. The zero-order chi connectivity index (χ0) is 22.9. The maximum absolute atomic E-state index is 13.8. The Hall–Kier alpha value is -3.59. The summed E-state index contributed by atoms with van der Waals surface area (Å²) in [6.07, 6.45) is -0.361. The van der Waals surface area contributed by atoms with Crippen LogP contribution >= 0.6 is 11.6 Å². The highest BCUT2D eigenvalue weighted by Crippen LogP contribution is 2.34. The minimum atomic E-state index is -4.81. The molecule has 0 aliphatic rings. The van der Waals surface area contributed by atoms with Crippen LogP contribution in [0, 0.1) is 6.92 Å². The molecule has 0 radical (unpaired) electrons. The van der Waals surface area contributed by atoms with Gasteiger partial charge in [0.15, 0.2) is 5.69 Å². The predicted octanol–water partition coefficient (Wildman–Crippen LogP) is 5.35. The average Bonchev–Trinajstić information content (AvgIpc) is 3.36. The van der Waals surface area contributed by atoms with Crippen LogP contribution < -0.4 is 5.32 Å². The highest BCUT2D eigenvalue weighted by molar-refractivity contribution is 6.30. The molecule has 0 unspecified atom stereocenters. The molecule has 10 heteroatoms. The van der Waals surface area contributed by atoms with Gasteiger partial charge in [0, 0.05) is 29.6 Å². The van der Waals surface area contributed by atoms with E-state index >= 15 is 0 Å². The van der Waals surface area contributed by atoms with Gasteiger partial charge in [-0.25, -0.2) is 9.67 Å². The van der Waals surface area contributed by atoms with Gasteiger partial charge in [-0.2, -0.15) is 18.3 Å². The van der Waals surface area contributed by atoms with Crippen LogP contribution in [0.3, 0.4) is 0 Å². The summed E-state index contributed by atoms with van der Waals surface area (Å²) in [5.74, 6) is -0.0532. The molecule has 6 nitrogen and oxygen atoms in total. The molecule has 32 heavy (non-hydrogen) atoms. The maximum Gasteiger partial charge on any atom is 0.434 e. The third-order valence-electron chi connectivity index (χ3n) is 4.82. The number of hydrogen-bond donors (Lipinski definition) is 1. The molecule has 2 aromatic carbocycles. The van der Waals surface area contributed by atoms with Crippen molar-refractivity contribution in [2.24, 2.45) is 0 Å². The SMILES string of the molecule is Cc1nccn1Cc1ccc(NC(=O)c2cnn(-c3cccc(Cl)c3)c2C(F)(F)F)cc1. The lowest BCUT2D eigenvalue weighted by Gasteiger charge is -2.13. The predicted molar refractivity (Wildman–Crippen MR) is 114 cm³/mol. The van der Waals surface area contributed by atoms with E-state index in [4.69, 9.17) is 11.6 Å². The fraction of sp³-hybridized carbons (Fsp3) is 0.136. The third kappa shape index (κ3) is 4.52. The number of imidazole rings is 1. The Morgan fingerprint density at radius 1 is 1.16 bits per heavy atom. The van der Waals surface area contributed by atoms with E-state index in [9.17, 15) is 18.0 Å². The van der Waals surface area contributed by atoms with Crippen LogP contribution in [0.1, 0.15) is 27.4 Å². The fourth-order valence-electron chi connectivity index (χ4n) is 3.25. The van der Waals surface area contributed by atoms with Crippen LogP contribution in [0.5, 0.6) is 0 Å². The molecule has 4 rings (SSSR count). The van der Waals surface area contributed by atoms with Gasteiger partial charge in [0.1, 0.15) is 5.82 Å². The number of halogens is 4. The standard InChI is InChI=1S/C22H17ClF3N5O/c1-14-27-9-10-30(14)13-15-5-7-17(8-6-15)29-21(32)19-12-28-31(20(19)22(24,25)26)18-4-2-3-16(23)11-18/h2-12H,13H2,1H3,(H,29,32). The number of anilines is 1. The van der Waals surface area contributed by atoms with Gasteiger partial charge in [-0.1, -0.05) is 29.8 Å². The van der Waals surface area contributed by atoms with Crippen LogP contribution in [0.2, 0.25) is 5.02 Å². The van der Waals surface area contributed by atoms with Gasteiger partial charge in [0.2, 0.25) is 0 Å². The van der Waals surface area contributed by atoms with Gasteiger partial charge in [-0.15, -0.1) is 0 Å². The lowest BCUT2D eigenvalue weighted by molar-refractivity contribution is -0.143. The zero-order valence-corrected chi connectivity index (χ0v) is 17.5. The average molecular weight is 460 g/mol. The van der Waals surface area contributed by atoms with Crippen LogP contribution in [-0.2, 0) is 12.7 Å². The Labute approximate surface area is 186 Å². The third-order valence-corrected chi connectivity index (χ3v) is 5.06. The summed E-state index contributed by atoms with van der Waals surface area (Å²) in [5, 5.41) is 6.55. The largest absolute Gasteiger partial charge is 0.434 e. The molecule has 0 aliphatic heterocycles. The topological polar surface area (TPSA) is 64.7 Å². The number of nitrogens with one attached hydrogen (secondary N) is 1.